The highest BCUT2D eigenvalue weighted by molar-refractivity contribution is 5.27. The highest BCUT2D eigenvalue weighted by atomic mass is 14.8. The van der Waals surface area contributed by atoms with Gasteiger partial charge in [-0.1, -0.05) is 43.2 Å². The molecule has 0 saturated heterocycles. The normalized spacial score (nSPS) is 24.8. The molecule has 3 rings (SSSR count). The molecule has 0 amide bonds. The second-order valence-corrected chi connectivity index (χ2v) is 6.22. The molecule has 0 heterocycles. The Morgan fingerprint density at radius 3 is 2.12 bits per heavy atom. The molecule has 0 spiro atoms. The van der Waals surface area contributed by atoms with Crippen molar-refractivity contribution in [2.24, 2.45) is 5.73 Å². The van der Waals surface area contributed by atoms with E-state index in [0.29, 0.717) is 5.41 Å². The van der Waals surface area contributed by atoms with Gasteiger partial charge in [-0.3, -0.25) is 0 Å². The van der Waals surface area contributed by atoms with Gasteiger partial charge >= 0.3 is 0 Å². The van der Waals surface area contributed by atoms with Crippen LogP contribution in [0.15, 0.2) is 30.3 Å². The molecule has 0 radical (unpaired) electrons. The van der Waals surface area contributed by atoms with Crippen molar-refractivity contribution in [3.05, 3.63) is 35.9 Å². The Labute approximate surface area is 104 Å². The van der Waals surface area contributed by atoms with Crippen LogP contribution in [0.5, 0.6) is 0 Å². The van der Waals surface area contributed by atoms with Gasteiger partial charge in [0.05, 0.1) is 0 Å². The van der Waals surface area contributed by atoms with Crippen molar-refractivity contribution >= 4 is 0 Å². The van der Waals surface area contributed by atoms with Gasteiger partial charge in [-0.25, -0.2) is 0 Å². The fourth-order valence-corrected chi connectivity index (χ4v) is 3.43. The van der Waals surface area contributed by atoms with Crippen LogP contribution in [0.25, 0.3) is 0 Å². The lowest BCUT2D eigenvalue weighted by Crippen LogP contribution is -2.28. The largest absolute Gasteiger partial charge is 0.325 e. The van der Waals surface area contributed by atoms with Gasteiger partial charge in [0.1, 0.15) is 0 Å². The summed E-state index contributed by atoms with van der Waals surface area (Å²) in [6, 6.07) is 11.1. The monoisotopic (exact) mass is 229 g/mol. The Balaban J connectivity index is 1.78. The van der Waals surface area contributed by atoms with E-state index in [0.717, 1.165) is 0 Å². The molecule has 0 aliphatic heterocycles. The Morgan fingerprint density at radius 2 is 1.53 bits per heavy atom. The number of hydrogen-bond acceptors (Lipinski definition) is 1. The Hall–Kier alpha value is -0.820. The summed E-state index contributed by atoms with van der Waals surface area (Å²) in [4.78, 5) is 0. The molecule has 0 unspecified atom stereocenters. The highest BCUT2D eigenvalue weighted by Crippen LogP contribution is 2.48. The molecule has 1 aromatic carbocycles. The molecule has 92 valence electrons. The molecule has 1 nitrogen and oxygen atoms in total. The van der Waals surface area contributed by atoms with Gasteiger partial charge in [0, 0.05) is 5.54 Å². The molecule has 0 aromatic heterocycles. The van der Waals surface area contributed by atoms with Gasteiger partial charge in [-0.05, 0) is 49.5 Å². The van der Waals surface area contributed by atoms with Crippen molar-refractivity contribution in [1.82, 2.24) is 0 Å². The van der Waals surface area contributed by atoms with Crippen molar-refractivity contribution in [3.63, 3.8) is 0 Å². The summed E-state index contributed by atoms with van der Waals surface area (Å²) in [6.07, 6.45) is 10.5. The minimum Gasteiger partial charge on any atom is -0.325 e. The maximum atomic E-state index is 6.26. The van der Waals surface area contributed by atoms with E-state index in [2.05, 4.69) is 30.3 Å². The topological polar surface area (TPSA) is 26.0 Å². The SMILES string of the molecule is NC1(CCC2(c3ccccc3)CCCC2)CC1. The molecule has 2 aliphatic rings. The van der Waals surface area contributed by atoms with Crippen molar-refractivity contribution in [3.8, 4) is 0 Å². The molecule has 0 bridgehead atoms. The lowest BCUT2D eigenvalue weighted by atomic mass is 9.74. The van der Waals surface area contributed by atoms with Crippen molar-refractivity contribution < 1.29 is 0 Å². The molecule has 1 heteroatoms. The lowest BCUT2D eigenvalue weighted by molar-refractivity contribution is 0.368. The van der Waals surface area contributed by atoms with Gasteiger partial charge in [0.2, 0.25) is 0 Å². The van der Waals surface area contributed by atoms with Crippen LogP contribution >= 0.6 is 0 Å². The Kier molecular flexibility index (Phi) is 2.74. The zero-order valence-corrected chi connectivity index (χ0v) is 10.6. The molecule has 1 aromatic rings. The van der Waals surface area contributed by atoms with E-state index in [1.165, 1.54) is 51.4 Å². The quantitative estimate of drug-likeness (QED) is 0.835. The summed E-state index contributed by atoms with van der Waals surface area (Å²) in [5.74, 6) is 0. The van der Waals surface area contributed by atoms with E-state index in [9.17, 15) is 0 Å². The van der Waals surface area contributed by atoms with E-state index in [-0.39, 0.29) is 5.54 Å². The second-order valence-electron chi connectivity index (χ2n) is 6.22. The molecule has 2 aliphatic carbocycles. The van der Waals surface area contributed by atoms with Gasteiger partial charge in [0.15, 0.2) is 0 Å². The van der Waals surface area contributed by atoms with Crippen LogP contribution in [0.1, 0.15) is 56.9 Å². The first-order valence-corrected chi connectivity index (χ1v) is 7.07. The number of hydrogen-bond donors (Lipinski definition) is 1. The number of rotatable bonds is 4. The van der Waals surface area contributed by atoms with E-state index < -0.39 is 0 Å². The van der Waals surface area contributed by atoms with Crippen molar-refractivity contribution in [1.29, 1.82) is 0 Å². The first kappa shape index (κ1) is 11.3. The lowest BCUT2D eigenvalue weighted by Gasteiger charge is -2.31. The van der Waals surface area contributed by atoms with Crippen molar-refractivity contribution in [2.75, 3.05) is 0 Å². The molecular weight excluding hydrogens is 206 g/mol. The Morgan fingerprint density at radius 1 is 0.882 bits per heavy atom. The standard InChI is InChI=1S/C16H23N/c17-16(12-13-16)11-10-15(8-4-5-9-15)14-6-2-1-3-7-14/h1-3,6-7H,4-5,8-13,17H2. The molecule has 2 saturated carbocycles. The smallest absolute Gasteiger partial charge is 0.0156 e. The van der Waals surface area contributed by atoms with E-state index in [1.54, 1.807) is 5.56 Å². The Bertz CT molecular complexity index is 372. The maximum absolute atomic E-state index is 6.26. The van der Waals surface area contributed by atoms with E-state index >= 15 is 0 Å². The van der Waals surface area contributed by atoms with Gasteiger partial charge in [-0.2, -0.15) is 0 Å². The fraction of sp³-hybridized carbons (Fsp3) is 0.625. The van der Waals surface area contributed by atoms with E-state index in [1.807, 2.05) is 0 Å². The molecule has 17 heavy (non-hydrogen) atoms. The average Bonchev–Trinajstić information content (AvgIpc) is 2.94. The zero-order chi connectivity index (χ0) is 11.8. The summed E-state index contributed by atoms with van der Waals surface area (Å²) in [5, 5.41) is 0. The minimum absolute atomic E-state index is 0.213. The third kappa shape index (κ3) is 2.26. The predicted molar refractivity (Wildman–Crippen MR) is 72.0 cm³/mol. The summed E-state index contributed by atoms with van der Waals surface area (Å²) in [7, 11) is 0. The van der Waals surface area contributed by atoms with Crippen LogP contribution < -0.4 is 5.73 Å². The van der Waals surface area contributed by atoms with Crippen LogP contribution in [-0.2, 0) is 5.41 Å². The second kappa shape index (κ2) is 4.13. The van der Waals surface area contributed by atoms with Crippen LogP contribution in [-0.4, -0.2) is 5.54 Å². The summed E-state index contributed by atoms with van der Waals surface area (Å²) in [5.41, 5.74) is 8.49. The highest BCUT2D eigenvalue weighted by Gasteiger charge is 2.42. The summed E-state index contributed by atoms with van der Waals surface area (Å²) in [6.45, 7) is 0. The van der Waals surface area contributed by atoms with Gasteiger partial charge in [-0.15, -0.1) is 0 Å². The molecular formula is C16H23N. The van der Waals surface area contributed by atoms with Crippen LogP contribution in [0.4, 0.5) is 0 Å². The third-order valence-corrected chi connectivity index (χ3v) is 4.94. The summed E-state index contributed by atoms with van der Waals surface area (Å²) < 4.78 is 0. The zero-order valence-electron chi connectivity index (χ0n) is 10.6. The summed E-state index contributed by atoms with van der Waals surface area (Å²) >= 11 is 0. The van der Waals surface area contributed by atoms with Crippen LogP contribution in [0, 0.1) is 0 Å². The van der Waals surface area contributed by atoms with Gasteiger partial charge in [0.25, 0.3) is 0 Å². The third-order valence-electron chi connectivity index (χ3n) is 4.94. The molecule has 2 N–H and O–H groups in total. The average molecular weight is 229 g/mol. The van der Waals surface area contributed by atoms with Crippen molar-refractivity contribution in [2.45, 2.75) is 62.3 Å². The first-order chi connectivity index (χ1) is 8.23. The fourth-order valence-electron chi connectivity index (χ4n) is 3.43. The first-order valence-electron chi connectivity index (χ1n) is 7.07. The molecule has 2 fully saturated rings. The number of benzene rings is 1. The minimum atomic E-state index is 0.213. The number of nitrogens with two attached hydrogens (primary N) is 1. The van der Waals surface area contributed by atoms with Gasteiger partial charge < -0.3 is 5.73 Å². The molecule has 0 atom stereocenters. The predicted octanol–water partition coefficient (Wildman–Crippen LogP) is 3.77. The maximum Gasteiger partial charge on any atom is 0.0156 e. The van der Waals surface area contributed by atoms with Crippen LogP contribution in [0.2, 0.25) is 0 Å². The van der Waals surface area contributed by atoms with E-state index in [4.69, 9.17) is 5.73 Å². The van der Waals surface area contributed by atoms with Crippen LogP contribution in [0.3, 0.4) is 0 Å².